The van der Waals surface area contributed by atoms with E-state index in [9.17, 15) is 9.90 Å². The number of allylic oxidation sites excluding steroid dienone is 2. The number of hydrogen-bond acceptors (Lipinski definition) is 10. The highest BCUT2D eigenvalue weighted by Crippen LogP contribution is 2.39. The number of benzene rings is 2. The van der Waals surface area contributed by atoms with Crippen LogP contribution in [0.4, 0.5) is 23.0 Å². The van der Waals surface area contributed by atoms with E-state index in [1.807, 2.05) is 42.5 Å². The average Bonchev–Trinajstić information content (AvgIpc) is 3.66. The van der Waals surface area contributed by atoms with E-state index in [4.69, 9.17) is 19.1 Å². The average molecular weight is 607 g/mol. The van der Waals surface area contributed by atoms with Gasteiger partial charge in [0.25, 0.3) is 0 Å². The molecule has 0 spiro atoms. The van der Waals surface area contributed by atoms with E-state index < -0.39 is 0 Å². The molecular formula is C33H34N8O4. The summed E-state index contributed by atoms with van der Waals surface area (Å²) in [5.41, 5.74) is 7.33. The topological polar surface area (TPSA) is 145 Å². The highest BCUT2D eigenvalue weighted by Gasteiger charge is 2.25. The normalized spacial score (nSPS) is 14.4. The van der Waals surface area contributed by atoms with E-state index in [-0.39, 0.29) is 6.61 Å². The molecule has 1 aliphatic heterocycles. The van der Waals surface area contributed by atoms with Crippen molar-refractivity contribution in [2.24, 2.45) is 0 Å². The van der Waals surface area contributed by atoms with Gasteiger partial charge in [0, 0.05) is 74.5 Å². The van der Waals surface area contributed by atoms with Crippen LogP contribution in [0.5, 0.6) is 5.75 Å². The van der Waals surface area contributed by atoms with Crippen molar-refractivity contribution in [3.8, 4) is 28.4 Å². The molecule has 12 heteroatoms. The van der Waals surface area contributed by atoms with Gasteiger partial charge >= 0.3 is 0 Å². The van der Waals surface area contributed by atoms with Crippen molar-refractivity contribution < 1.29 is 19.1 Å². The monoisotopic (exact) mass is 606 g/mol. The lowest BCUT2D eigenvalue weighted by Crippen LogP contribution is -2.45. The van der Waals surface area contributed by atoms with E-state index >= 15 is 0 Å². The molecule has 1 saturated heterocycles. The Balaban J connectivity index is 1.20. The second-order valence-electron chi connectivity index (χ2n) is 11.0. The molecule has 0 radical (unpaired) electrons. The van der Waals surface area contributed by atoms with Gasteiger partial charge in [0.1, 0.15) is 17.2 Å². The summed E-state index contributed by atoms with van der Waals surface area (Å²) >= 11 is 0. The second kappa shape index (κ2) is 12.3. The Labute approximate surface area is 259 Å². The molecule has 1 fully saturated rings. The predicted octanol–water partition coefficient (Wildman–Crippen LogP) is 4.93. The maximum Gasteiger partial charge on any atom is 0.227 e. The number of carbonyl (C=O) groups excluding carboxylic acids is 1. The quantitative estimate of drug-likeness (QED) is 0.144. The molecule has 5 aromatic rings. The van der Waals surface area contributed by atoms with Crippen LogP contribution in [-0.2, 0) is 11.2 Å². The number of hydrogen-bond donors (Lipinski definition) is 4. The Bertz CT molecular complexity index is 1870. The lowest BCUT2D eigenvalue weighted by atomic mass is 10.1. The van der Waals surface area contributed by atoms with Gasteiger partial charge < -0.3 is 39.7 Å². The molecule has 12 nitrogen and oxygen atoms in total. The van der Waals surface area contributed by atoms with Gasteiger partial charge in [-0.05, 0) is 30.7 Å². The number of aromatic nitrogens is 4. The van der Waals surface area contributed by atoms with Gasteiger partial charge in [-0.15, -0.1) is 0 Å². The van der Waals surface area contributed by atoms with Crippen LogP contribution in [0.3, 0.4) is 0 Å². The van der Waals surface area contributed by atoms with Crippen LogP contribution in [0.2, 0.25) is 0 Å². The molecule has 7 rings (SSSR count). The van der Waals surface area contributed by atoms with Crippen LogP contribution in [0.15, 0.2) is 71.1 Å². The number of aromatic amines is 1. The molecule has 1 aliphatic carbocycles. The Morgan fingerprint density at radius 1 is 1.07 bits per heavy atom. The molecular weight excluding hydrogens is 572 g/mol. The van der Waals surface area contributed by atoms with Crippen molar-refractivity contribution in [1.29, 1.82) is 0 Å². The van der Waals surface area contributed by atoms with E-state index in [2.05, 4.69) is 36.5 Å². The van der Waals surface area contributed by atoms with Crippen LogP contribution < -0.4 is 20.3 Å². The largest absolute Gasteiger partial charge is 0.494 e. The smallest absolute Gasteiger partial charge is 0.227 e. The minimum Gasteiger partial charge on any atom is -0.494 e. The number of anilines is 4. The molecule has 2 aromatic carbocycles. The number of methoxy groups -OCH3 is 1. The zero-order valence-corrected chi connectivity index (χ0v) is 24.9. The summed E-state index contributed by atoms with van der Waals surface area (Å²) in [6, 6.07) is 13.5. The number of aryl methyl sites for hydroxylation is 1. The SMILES string of the molecule is COc1cc(N2CCN(C3=CC3)CC2)c(NC=O)cc1Nc1nccc(-c2[nH]c(CCCO)nc2-c2ccc3ccoc3c2)n1. The van der Waals surface area contributed by atoms with Crippen LogP contribution in [0, 0.1) is 0 Å². The molecule has 0 atom stereocenters. The van der Waals surface area contributed by atoms with Gasteiger partial charge in [-0.2, -0.15) is 0 Å². The minimum atomic E-state index is 0.0708. The number of aliphatic hydroxyl groups is 1. The summed E-state index contributed by atoms with van der Waals surface area (Å²) in [6.07, 6.45) is 8.54. The van der Waals surface area contributed by atoms with Gasteiger partial charge in [-0.1, -0.05) is 18.2 Å². The number of furan rings is 1. The Morgan fingerprint density at radius 3 is 2.69 bits per heavy atom. The number of fused-ring (bicyclic) bond motifs is 1. The maximum atomic E-state index is 11.6. The lowest BCUT2D eigenvalue weighted by molar-refractivity contribution is -0.105. The summed E-state index contributed by atoms with van der Waals surface area (Å²) in [7, 11) is 1.62. The van der Waals surface area contributed by atoms with Gasteiger partial charge in [-0.25, -0.2) is 15.0 Å². The number of carbonyl (C=O) groups is 1. The summed E-state index contributed by atoms with van der Waals surface area (Å²) < 4.78 is 11.4. The van der Waals surface area contributed by atoms with Crippen molar-refractivity contribution in [2.45, 2.75) is 19.3 Å². The van der Waals surface area contributed by atoms with Crippen molar-refractivity contribution in [1.82, 2.24) is 24.8 Å². The molecule has 230 valence electrons. The summed E-state index contributed by atoms with van der Waals surface area (Å²) in [4.78, 5) is 33.9. The summed E-state index contributed by atoms with van der Waals surface area (Å²) in [6.45, 7) is 3.61. The fourth-order valence-electron chi connectivity index (χ4n) is 5.78. The third-order valence-electron chi connectivity index (χ3n) is 8.16. The van der Waals surface area contributed by atoms with Crippen molar-refractivity contribution in [3.63, 3.8) is 0 Å². The number of imidazole rings is 1. The fourth-order valence-corrected chi connectivity index (χ4v) is 5.78. The zero-order valence-electron chi connectivity index (χ0n) is 24.9. The third-order valence-corrected chi connectivity index (χ3v) is 8.16. The van der Waals surface area contributed by atoms with Crippen LogP contribution in [0.1, 0.15) is 18.7 Å². The maximum absolute atomic E-state index is 11.6. The number of nitrogens with zero attached hydrogens (tertiary/aromatic N) is 5. The molecule has 0 unspecified atom stereocenters. The van der Waals surface area contributed by atoms with Gasteiger partial charge in [0.2, 0.25) is 12.4 Å². The Kier molecular flexibility index (Phi) is 7.78. The first-order chi connectivity index (χ1) is 22.1. The fraction of sp³-hybridized carbons (Fsp3) is 0.273. The summed E-state index contributed by atoms with van der Waals surface area (Å²) in [5.74, 6) is 1.70. The number of piperazine rings is 1. The number of rotatable bonds is 12. The van der Waals surface area contributed by atoms with E-state index in [0.29, 0.717) is 48.0 Å². The number of nitrogens with one attached hydrogen (secondary N) is 3. The van der Waals surface area contributed by atoms with Crippen molar-refractivity contribution in [3.05, 3.63) is 72.5 Å². The van der Waals surface area contributed by atoms with Crippen LogP contribution in [0.25, 0.3) is 33.6 Å². The van der Waals surface area contributed by atoms with Crippen molar-refractivity contribution in [2.75, 3.05) is 55.4 Å². The third kappa shape index (κ3) is 5.92. The molecule has 0 bridgehead atoms. The van der Waals surface area contributed by atoms with Crippen LogP contribution >= 0.6 is 0 Å². The Hall–Kier alpha value is -5.36. The van der Waals surface area contributed by atoms with Crippen LogP contribution in [-0.4, -0.2) is 76.2 Å². The first kappa shape index (κ1) is 28.4. The number of H-pyrrole nitrogens is 1. The summed E-state index contributed by atoms with van der Waals surface area (Å²) in [5, 5.41) is 16.6. The predicted molar refractivity (Wildman–Crippen MR) is 173 cm³/mol. The zero-order chi connectivity index (χ0) is 30.8. The first-order valence-corrected chi connectivity index (χ1v) is 15.0. The van der Waals surface area contributed by atoms with Gasteiger partial charge in [-0.3, -0.25) is 4.79 Å². The number of aliphatic hydroxyl groups excluding tert-OH is 1. The highest BCUT2D eigenvalue weighted by atomic mass is 16.5. The van der Waals surface area contributed by atoms with E-state index in [1.54, 1.807) is 19.6 Å². The molecule has 3 aromatic heterocycles. The lowest BCUT2D eigenvalue weighted by Gasteiger charge is -2.37. The highest BCUT2D eigenvalue weighted by molar-refractivity contribution is 5.88. The molecule has 1 amide bonds. The molecule has 45 heavy (non-hydrogen) atoms. The Morgan fingerprint density at radius 2 is 1.91 bits per heavy atom. The molecule has 2 aliphatic rings. The van der Waals surface area contributed by atoms with E-state index in [1.165, 1.54) is 5.70 Å². The standard InChI is InChI=1S/C33H34N8O4/c1-44-29-19-27(41-13-11-40(12-14-41)23-6-7-23)25(35-20-43)18-26(29)37-33-34-10-8-24(36-33)32-31(38-30(39-32)3-2-15-42)22-5-4-21-9-16-45-28(21)17-22/h4-6,8-10,16-20,42H,2-3,7,11-15H2,1H3,(H,35,43)(H,38,39)(H,34,36,37). The molecule has 4 heterocycles. The minimum absolute atomic E-state index is 0.0708. The second-order valence-corrected chi connectivity index (χ2v) is 11.0. The molecule has 0 saturated carbocycles. The number of ether oxygens (including phenoxy) is 1. The first-order valence-electron chi connectivity index (χ1n) is 15.0. The van der Waals surface area contributed by atoms with Gasteiger partial charge in [0.05, 0.1) is 47.5 Å². The van der Waals surface area contributed by atoms with Gasteiger partial charge in [0.15, 0.2) is 0 Å². The molecule has 4 N–H and O–H groups in total. The van der Waals surface area contributed by atoms with Crippen molar-refractivity contribution >= 4 is 40.4 Å². The number of amides is 1. The van der Waals surface area contributed by atoms with E-state index in [0.717, 1.165) is 72.0 Å².